The lowest BCUT2D eigenvalue weighted by Gasteiger charge is -2.19. The normalized spacial score (nSPS) is 16.5. The number of nitro benzene ring substituents is 4. The highest BCUT2D eigenvalue weighted by Crippen LogP contribution is 2.50. The minimum Gasteiger partial charge on any atom is -0.484 e. The molecule has 19 nitrogen and oxygen atoms in total. The van der Waals surface area contributed by atoms with E-state index in [9.17, 15) is 49.9 Å². The summed E-state index contributed by atoms with van der Waals surface area (Å²) in [6, 6.07) is 2.00. The molecule has 1 aliphatic heterocycles. The predicted molar refractivity (Wildman–Crippen MR) is 132 cm³/mol. The van der Waals surface area contributed by atoms with Crippen LogP contribution in [0, 0.1) is 40.5 Å². The molecule has 1 N–H and O–H groups in total. The van der Waals surface area contributed by atoms with Gasteiger partial charge in [0.05, 0.1) is 82.1 Å². The summed E-state index contributed by atoms with van der Waals surface area (Å²) in [7, 11) is -5.41. The van der Waals surface area contributed by atoms with E-state index in [1.54, 1.807) is 0 Å². The van der Waals surface area contributed by atoms with Crippen LogP contribution in [0.25, 0.3) is 0 Å². The van der Waals surface area contributed by atoms with Gasteiger partial charge in [0.15, 0.2) is 0 Å². The molecule has 0 unspecified atom stereocenters. The highest BCUT2D eigenvalue weighted by Gasteiger charge is 2.41. The standard InChI is InChI=1S/C20H21N4O15P/c25-21(26)13-9-15(23(29)30)19-17(11-13)40(33,34)18-12-14(22(27)28)10-16(24(31)32)20(18)39-8-6-37-4-2-35-1-3-36-5-7-38-19/h9-12H,1-8H2,(H,33,34). The molecular weight excluding hydrogens is 567 g/mol. The molecular formula is C20H21N4O15P. The highest BCUT2D eigenvalue weighted by atomic mass is 31.2. The molecule has 0 radical (unpaired) electrons. The van der Waals surface area contributed by atoms with Crippen molar-refractivity contribution in [3.63, 3.8) is 0 Å². The Balaban J connectivity index is 2.32. The van der Waals surface area contributed by atoms with Crippen molar-refractivity contribution in [3.8, 4) is 11.5 Å². The third-order valence-electron chi connectivity index (χ3n) is 5.23. The zero-order chi connectivity index (χ0) is 29.4. The van der Waals surface area contributed by atoms with Gasteiger partial charge in [-0.25, -0.2) is 0 Å². The molecule has 1 aliphatic rings. The molecule has 0 atom stereocenters. The zero-order valence-corrected chi connectivity index (χ0v) is 21.3. The Bertz CT molecular complexity index is 1270. The molecule has 2 aromatic rings. The number of nitrogens with zero attached hydrogens (tertiary/aromatic N) is 4. The van der Waals surface area contributed by atoms with E-state index in [0.717, 1.165) is 0 Å². The topological polar surface area (TPSA) is 256 Å². The van der Waals surface area contributed by atoms with Gasteiger partial charge in [0, 0.05) is 12.1 Å². The Morgan fingerprint density at radius 1 is 0.575 bits per heavy atom. The summed E-state index contributed by atoms with van der Waals surface area (Å²) in [5, 5.41) is 44.6. The lowest BCUT2D eigenvalue weighted by molar-refractivity contribution is -0.394. The Hall–Kier alpha value is -4.29. The Morgan fingerprint density at radius 3 is 1.20 bits per heavy atom. The van der Waals surface area contributed by atoms with Crippen LogP contribution < -0.4 is 20.1 Å². The summed E-state index contributed by atoms with van der Waals surface area (Å²) in [5.41, 5.74) is -4.14. The molecule has 0 saturated carbocycles. The Kier molecular flexibility index (Phi) is 9.97. The van der Waals surface area contributed by atoms with E-state index < -0.39 is 85.1 Å². The van der Waals surface area contributed by atoms with E-state index in [-0.39, 0.29) is 39.6 Å². The summed E-state index contributed by atoms with van der Waals surface area (Å²) in [4.78, 5) is 53.6. The number of fused-ring (bicyclic) bond motifs is 2. The summed E-state index contributed by atoms with van der Waals surface area (Å²) >= 11 is 0. The van der Waals surface area contributed by atoms with E-state index >= 15 is 0 Å². The summed E-state index contributed by atoms with van der Waals surface area (Å²) in [5.74, 6) is -1.77. The summed E-state index contributed by atoms with van der Waals surface area (Å²) in [6.45, 7) is -0.804. The molecule has 20 heteroatoms. The molecule has 3 rings (SSSR count). The molecule has 216 valence electrons. The Morgan fingerprint density at radius 2 is 0.900 bits per heavy atom. The highest BCUT2D eigenvalue weighted by molar-refractivity contribution is 7.74. The van der Waals surface area contributed by atoms with Crippen molar-refractivity contribution in [2.75, 3.05) is 52.9 Å². The molecule has 2 aromatic carbocycles. The van der Waals surface area contributed by atoms with Gasteiger partial charge < -0.3 is 28.6 Å². The molecule has 0 spiro atoms. The number of ether oxygens (including phenoxy) is 5. The maximum atomic E-state index is 14.0. The van der Waals surface area contributed by atoms with E-state index in [1.165, 1.54) is 0 Å². The van der Waals surface area contributed by atoms with Gasteiger partial charge in [-0.15, -0.1) is 0 Å². The molecule has 0 amide bonds. The molecule has 0 aliphatic carbocycles. The van der Waals surface area contributed by atoms with Gasteiger partial charge in [-0.2, -0.15) is 0 Å². The van der Waals surface area contributed by atoms with Crippen LogP contribution in [0.1, 0.15) is 0 Å². The Labute approximate surface area is 223 Å². The van der Waals surface area contributed by atoms with Gasteiger partial charge in [0.25, 0.3) is 18.7 Å². The van der Waals surface area contributed by atoms with Gasteiger partial charge in [-0.05, 0) is 0 Å². The van der Waals surface area contributed by atoms with Crippen molar-refractivity contribution in [3.05, 3.63) is 64.7 Å². The van der Waals surface area contributed by atoms with Gasteiger partial charge in [-0.3, -0.25) is 45.0 Å². The van der Waals surface area contributed by atoms with Crippen LogP contribution >= 0.6 is 7.37 Å². The number of nitro groups is 4. The van der Waals surface area contributed by atoms with Gasteiger partial charge >= 0.3 is 11.4 Å². The number of hydrogen-bond donors (Lipinski definition) is 1. The molecule has 40 heavy (non-hydrogen) atoms. The summed E-state index contributed by atoms with van der Waals surface area (Å²) in [6.07, 6.45) is 0. The van der Waals surface area contributed by atoms with Crippen LogP contribution in [0.2, 0.25) is 0 Å². The fraction of sp³-hybridized carbons (Fsp3) is 0.400. The third-order valence-corrected chi connectivity index (χ3v) is 7.20. The van der Waals surface area contributed by atoms with Crippen molar-refractivity contribution in [2.24, 2.45) is 0 Å². The fourth-order valence-electron chi connectivity index (χ4n) is 3.47. The second-order valence-electron chi connectivity index (χ2n) is 7.76. The maximum absolute atomic E-state index is 14.0. The SMILES string of the molecule is O=[N+]([O-])c1cc([N+](=O)[O-])c2c(c1)P(=O)(O)c1cc([N+](=O)[O-])cc([N+](=O)[O-])c1OCCOCCOCCOCCO2. The first-order valence-corrected chi connectivity index (χ1v) is 12.9. The molecule has 0 fully saturated rings. The average molecular weight is 588 g/mol. The molecule has 0 bridgehead atoms. The van der Waals surface area contributed by atoms with Gasteiger partial charge in [-0.1, -0.05) is 0 Å². The van der Waals surface area contributed by atoms with Crippen LogP contribution in [-0.2, 0) is 18.8 Å². The average Bonchev–Trinajstić information content (AvgIpc) is 2.89. The first kappa shape index (κ1) is 30.3. The molecule has 1 heterocycles. The molecule has 0 aromatic heterocycles. The third kappa shape index (κ3) is 7.01. The lowest BCUT2D eigenvalue weighted by Crippen LogP contribution is -2.24. The van der Waals surface area contributed by atoms with Crippen LogP contribution in [-0.4, -0.2) is 77.4 Å². The van der Waals surface area contributed by atoms with Gasteiger partial charge in [0.1, 0.15) is 13.2 Å². The number of rotatable bonds is 4. The number of benzene rings is 2. The predicted octanol–water partition coefficient (Wildman–Crippen LogP) is 1.36. The van der Waals surface area contributed by atoms with E-state index in [1.807, 2.05) is 0 Å². The lowest BCUT2D eigenvalue weighted by atomic mass is 10.2. The van der Waals surface area contributed by atoms with E-state index in [2.05, 4.69) is 0 Å². The monoisotopic (exact) mass is 588 g/mol. The largest absolute Gasteiger partial charge is 0.484 e. The van der Waals surface area contributed by atoms with E-state index in [4.69, 9.17) is 23.7 Å². The smallest absolute Gasteiger partial charge is 0.318 e. The second-order valence-corrected chi connectivity index (χ2v) is 9.88. The van der Waals surface area contributed by atoms with Crippen LogP contribution in [0.3, 0.4) is 0 Å². The van der Waals surface area contributed by atoms with Crippen molar-refractivity contribution in [2.45, 2.75) is 0 Å². The van der Waals surface area contributed by atoms with Crippen molar-refractivity contribution in [1.82, 2.24) is 0 Å². The second kappa shape index (κ2) is 13.2. The van der Waals surface area contributed by atoms with Crippen molar-refractivity contribution < 1.29 is 52.8 Å². The summed E-state index contributed by atoms with van der Waals surface area (Å²) < 4.78 is 40.6. The zero-order valence-electron chi connectivity index (χ0n) is 20.4. The first-order chi connectivity index (χ1) is 18.9. The minimum atomic E-state index is -5.41. The minimum absolute atomic E-state index is 0.0842. The van der Waals surface area contributed by atoms with Crippen LogP contribution in [0.4, 0.5) is 22.7 Å². The number of non-ortho nitro benzene ring substituents is 2. The van der Waals surface area contributed by atoms with E-state index in [0.29, 0.717) is 24.3 Å². The number of hydrogen-bond acceptors (Lipinski definition) is 14. The van der Waals surface area contributed by atoms with Crippen molar-refractivity contribution in [1.29, 1.82) is 0 Å². The maximum Gasteiger partial charge on any atom is 0.318 e. The van der Waals surface area contributed by atoms with Crippen LogP contribution in [0.5, 0.6) is 11.5 Å². The fourth-order valence-corrected chi connectivity index (χ4v) is 5.26. The van der Waals surface area contributed by atoms with Gasteiger partial charge in [0.2, 0.25) is 11.5 Å². The molecule has 0 saturated heterocycles. The quantitative estimate of drug-likeness (QED) is 0.300. The van der Waals surface area contributed by atoms with Crippen LogP contribution in [0.15, 0.2) is 24.3 Å². The first-order valence-electron chi connectivity index (χ1n) is 11.2. The van der Waals surface area contributed by atoms with Crippen molar-refractivity contribution >= 4 is 40.7 Å².